The number of nitrogens with one attached hydrogen (secondary N) is 2. The number of anilines is 1. The van der Waals surface area contributed by atoms with E-state index < -0.39 is 11.8 Å². The highest BCUT2D eigenvalue weighted by Gasteiger charge is 2.21. The number of aryl methyl sites for hydroxylation is 3. The second-order valence-corrected chi connectivity index (χ2v) is 6.71. The van der Waals surface area contributed by atoms with Crippen molar-refractivity contribution < 1.29 is 14.1 Å². The summed E-state index contributed by atoms with van der Waals surface area (Å²) in [6.07, 6.45) is 0. The molecule has 3 aromatic rings. The van der Waals surface area contributed by atoms with Gasteiger partial charge >= 0.3 is 11.8 Å². The highest BCUT2D eigenvalue weighted by molar-refractivity contribution is 7.08. The summed E-state index contributed by atoms with van der Waals surface area (Å²) in [5, 5.41) is 17.2. The smallest absolute Gasteiger partial charge is 0.314 e. The molecule has 0 aliphatic heterocycles. The average Bonchev–Trinajstić information content (AvgIpc) is 3.31. The Hall–Kier alpha value is -2.94. The van der Waals surface area contributed by atoms with Crippen LogP contribution in [-0.4, -0.2) is 33.3 Å². The first-order valence-electron chi connectivity index (χ1n) is 8.01. The minimum absolute atomic E-state index is 0.194. The van der Waals surface area contributed by atoms with E-state index in [1.165, 1.54) is 6.07 Å². The minimum Gasteiger partial charge on any atom is -0.360 e. The number of carbonyl (C=O) groups excluding carboxylic acids is 2. The standard InChI is InChI=1S/C17H19N5O3S/c1-10-6-11(2)22(20-10)14(13-4-5-26-9-13)8-18-16(23)17(24)19-15-7-12(3)25-21-15/h4-7,9,14H,8H2,1-3H3,(H,18,23)(H,19,21,24)/t14-/m1/s1. The third kappa shape index (κ3) is 3.99. The van der Waals surface area contributed by atoms with E-state index in [4.69, 9.17) is 4.52 Å². The van der Waals surface area contributed by atoms with E-state index >= 15 is 0 Å². The lowest BCUT2D eigenvalue weighted by Crippen LogP contribution is -2.39. The summed E-state index contributed by atoms with van der Waals surface area (Å²) in [6.45, 7) is 5.81. The van der Waals surface area contributed by atoms with E-state index in [0.717, 1.165) is 17.0 Å². The van der Waals surface area contributed by atoms with Gasteiger partial charge in [0.15, 0.2) is 5.82 Å². The van der Waals surface area contributed by atoms with Crippen LogP contribution in [0.4, 0.5) is 5.82 Å². The van der Waals surface area contributed by atoms with Gasteiger partial charge in [0.25, 0.3) is 0 Å². The molecule has 136 valence electrons. The van der Waals surface area contributed by atoms with Crippen molar-refractivity contribution in [2.24, 2.45) is 0 Å². The van der Waals surface area contributed by atoms with E-state index in [0.29, 0.717) is 5.76 Å². The van der Waals surface area contributed by atoms with Gasteiger partial charge in [-0.05, 0) is 49.2 Å². The molecule has 0 unspecified atom stereocenters. The first kappa shape index (κ1) is 17.9. The molecular formula is C17H19N5O3S. The number of aromatic nitrogens is 3. The van der Waals surface area contributed by atoms with Crippen LogP contribution in [0, 0.1) is 20.8 Å². The predicted molar refractivity (Wildman–Crippen MR) is 97.0 cm³/mol. The summed E-state index contributed by atoms with van der Waals surface area (Å²) < 4.78 is 6.72. The molecule has 2 N–H and O–H groups in total. The van der Waals surface area contributed by atoms with Crippen LogP contribution in [-0.2, 0) is 9.59 Å². The molecule has 8 nitrogen and oxygen atoms in total. The average molecular weight is 373 g/mol. The molecule has 9 heteroatoms. The Morgan fingerprint density at radius 2 is 2.08 bits per heavy atom. The van der Waals surface area contributed by atoms with Crippen molar-refractivity contribution in [1.82, 2.24) is 20.3 Å². The maximum Gasteiger partial charge on any atom is 0.314 e. The lowest BCUT2D eigenvalue weighted by Gasteiger charge is -2.19. The number of hydrogen-bond donors (Lipinski definition) is 2. The van der Waals surface area contributed by atoms with E-state index in [-0.39, 0.29) is 18.4 Å². The predicted octanol–water partition coefficient (Wildman–Crippen LogP) is 2.20. The summed E-state index contributed by atoms with van der Waals surface area (Å²) in [6, 6.07) is 5.30. The van der Waals surface area contributed by atoms with Crippen LogP contribution in [0.25, 0.3) is 0 Å². The fourth-order valence-electron chi connectivity index (χ4n) is 2.64. The molecule has 0 fully saturated rings. The number of amides is 2. The van der Waals surface area contributed by atoms with Gasteiger partial charge in [-0.1, -0.05) is 5.16 Å². The van der Waals surface area contributed by atoms with Gasteiger partial charge in [0.05, 0.1) is 11.7 Å². The molecule has 1 atom stereocenters. The number of nitrogens with zero attached hydrogens (tertiary/aromatic N) is 3. The third-order valence-electron chi connectivity index (χ3n) is 3.80. The Kier molecular flexibility index (Phi) is 5.17. The number of carbonyl (C=O) groups is 2. The van der Waals surface area contributed by atoms with Crippen molar-refractivity contribution in [2.45, 2.75) is 26.8 Å². The van der Waals surface area contributed by atoms with E-state index in [1.54, 1.807) is 18.3 Å². The fourth-order valence-corrected chi connectivity index (χ4v) is 3.35. The van der Waals surface area contributed by atoms with Crippen molar-refractivity contribution in [3.8, 4) is 0 Å². The van der Waals surface area contributed by atoms with Crippen molar-refractivity contribution >= 4 is 29.0 Å². The Labute approximate surface area is 154 Å². The van der Waals surface area contributed by atoms with Gasteiger partial charge in [0, 0.05) is 18.3 Å². The zero-order chi connectivity index (χ0) is 18.7. The highest BCUT2D eigenvalue weighted by atomic mass is 32.1. The molecule has 3 heterocycles. The van der Waals surface area contributed by atoms with E-state index in [2.05, 4.69) is 20.9 Å². The second-order valence-electron chi connectivity index (χ2n) is 5.93. The van der Waals surface area contributed by atoms with Crippen LogP contribution in [0.3, 0.4) is 0 Å². The minimum atomic E-state index is -0.796. The van der Waals surface area contributed by atoms with E-state index in [1.807, 2.05) is 41.4 Å². The molecular weight excluding hydrogens is 354 g/mol. The Balaban J connectivity index is 1.68. The molecule has 0 aliphatic carbocycles. The van der Waals surface area contributed by atoms with Gasteiger partial charge in [-0.25, -0.2) is 0 Å². The van der Waals surface area contributed by atoms with Gasteiger partial charge in [0.2, 0.25) is 0 Å². The Bertz CT molecular complexity index is 913. The molecule has 0 bridgehead atoms. The maximum absolute atomic E-state index is 12.1. The zero-order valence-corrected chi connectivity index (χ0v) is 15.5. The number of rotatable bonds is 5. The molecule has 0 saturated carbocycles. The molecule has 3 aromatic heterocycles. The quantitative estimate of drug-likeness (QED) is 0.668. The zero-order valence-electron chi connectivity index (χ0n) is 14.6. The van der Waals surface area contributed by atoms with Crippen LogP contribution in [0.1, 0.15) is 28.8 Å². The summed E-state index contributed by atoms with van der Waals surface area (Å²) >= 11 is 1.57. The molecule has 26 heavy (non-hydrogen) atoms. The largest absolute Gasteiger partial charge is 0.360 e. The SMILES string of the molecule is Cc1cc(C)n([C@H](CNC(=O)C(=O)Nc2cc(C)on2)c2ccsc2)n1. The molecule has 0 radical (unpaired) electrons. The molecule has 2 amide bonds. The van der Waals surface area contributed by atoms with Gasteiger partial charge in [-0.15, -0.1) is 0 Å². The van der Waals surface area contributed by atoms with Gasteiger partial charge in [-0.2, -0.15) is 16.4 Å². The van der Waals surface area contributed by atoms with Gasteiger partial charge in [0.1, 0.15) is 5.76 Å². The summed E-state index contributed by atoms with van der Waals surface area (Å²) in [5.74, 6) is -0.790. The Morgan fingerprint density at radius 3 is 2.65 bits per heavy atom. The number of hydrogen-bond acceptors (Lipinski definition) is 6. The summed E-state index contributed by atoms with van der Waals surface area (Å²) in [4.78, 5) is 24.1. The first-order chi connectivity index (χ1) is 12.4. The molecule has 0 spiro atoms. The topological polar surface area (TPSA) is 102 Å². The van der Waals surface area contributed by atoms with E-state index in [9.17, 15) is 9.59 Å². The van der Waals surface area contributed by atoms with Crippen molar-refractivity contribution in [1.29, 1.82) is 0 Å². The fraction of sp³-hybridized carbons (Fsp3) is 0.294. The van der Waals surface area contributed by atoms with Crippen molar-refractivity contribution in [3.63, 3.8) is 0 Å². The van der Waals surface area contributed by atoms with Crippen LogP contribution in [0.15, 0.2) is 33.5 Å². The lowest BCUT2D eigenvalue weighted by molar-refractivity contribution is -0.136. The van der Waals surface area contributed by atoms with Gasteiger partial charge in [-0.3, -0.25) is 19.6 Å². The van der Waals surface area contributed by atoms with Crippen molar-refractivity contribution in [2.75, 3.05) is 11.9 Å². The molecule has 0 aliphatic rings. The summed E-state index contributed by atoms with van der Waals surface area (Å²) in [7, 11) is 0. The summed E-state index contributed by atoms with van der Waals surface area (Å²) in [5.41, 5.74) is 2.90. The van der Waals surface area contributed by atoms with Crippen LogP contribution >= 0.6 is 11.3 Å². The second kappa shape index (κ2) is 7.52. The molecule has 0 aromatic carbocycles. The number of thiophene rings is 1. The van der Waals surface area contributed by atoms with Gasteiger partial charge < -0.3 is 9.84 Å². The van der Waals surface area contributed by atoms with Crippen LogP contribution in [0.5, 0.6) is 0 Å². The maximum atomic E-state index is 12.1. The first-order valence-corrected chi connectivity index (χ1v) is 8.95. The van der Waals surface area contributed by atoms with Crippen molar-refractivity contribution in [3.05, 3.63) is 51.7 Å². The van der Waals surface area contributed by atoms with Crippen LogP contribution in [0.2, 0.25) is 0 Å². The normalized spacial score (nSPS) is 12.0. The van der Waals surface area contributed by atoms with Crippen LogP contribution < -0.4 is 10.6 Å². The third-order valence-corrected chi connectivity index (χ3v) is 4.50. The molecule has 3 rings (SSSR count). The lowest BCUT2D eigenvalue weighted by atomic mass is 10.1. The molecule has 0 saturated heterocycles. The Morgan fingerprint density at radius 1 is 1.27 bits per heavy atom. The monoisotopic (exact) mass is 373 g/mol. The highest BCUT2D eigenvalue weighted by Crippen LogP contribution is 2.22.